The number of hydrogen-bond donors (Lipinski definition) is 0. The number of rotatable bonds is 4. The van der Waals surface area contributed by atoms with Crippen LogP contribution < -0.4 is 0 Å². The lowest BCUT2D eigenvalue weighted by molar-refractivity contribution is 0.220. The molecule has 0 spiro atoms. The van der Waals surface area contributed by atoms with Crippen molar-refractivity contribution < 1.29 is 8.78 Å². The van der Waals surface area contributed by atoms with Gasteiger partial charge in [-0.15, -0.1) is 0 Å². The second kappa shape index (κ2) is 6.53. The first-order valence-electron chi connectivity index (χ1n) is 6.39. The van der Waals surface area contributed by atoms with Gasteiger partial charge in [-0.1, -0.05) is 6.42 Å². The summed E-state index contributed by atoms with van der Waals surface area (Å²) >= 11 is 1.43. The fraction of sp³-hybridized carbons (Fsp3) is 0.571. The van der Waals surface area contributed by atoms with Crippen molar-refractivity contribution in [1.29, 1.82) is 0 Å². The molecule has 0 bridgehead atoms. The van der Waals surface area contributed by atoms with E-state index in [-0.39, 0.29) is 5.56 Å². The Morgan fingerprint density at radius 3 is 2.28 bits per heavy atom. The van der Waals surface area contributed by atoms with E-state index >= 15 is 0 Å². The maximum absolute atomic E-state index is 13.8. The SMILES string of the molecule is CSCc1c(F)cc(CN2CCCCC2)cc1F. The third kappa shape index (κ3) is 3.45. The maximum atomic E-state index is 13.8. The van der Waals surface area contributed by atoms with E-state index < -0.39 is 11.6 Å². The zero-order valence-electron chi connectivity index (χ0n) is 10.7. The van der Waals surface area contributed by atoms with Crippen molar-refractivity contribution in [3.05, 3.63) is 34.9 Å². The number of likely N-dealkylation sites (tertiary alicyclic amines) is 1. The molecule has 0 amide bonds. The minimum Gasteiger partial charge on any atom is -0.299 e. The average molecular weight is 271 g/mol. The van der Waals surface area contributed by atoms with Crippen LogP contribution >= 0.6 is 11.8 Å². The summed E-state index contributed by atoms with van der Waals surface area (Å²) in [5.41, 5.74) is 0.946. The third-order valence-electron chi connectivity index (χ3n) is 3.34. The van der Waals surface area contributed by atoms with Gasteiger partial charge in [-0.05, 0) is 49.9 Å². The number of thioether (sulfide) groups is 1. The van der Waals surface area contributed by atoms with Gasteiger partial charge in [0.1, 0.15) is 11.6 Å². The van der Waals surface area contributed by atoms with Crippen LogP contribution in [0.1, 0.15) is 30.4 Å². The lowest BCUT2D eigenvalue weighted by atomic mass is 10.1. The first kappa shape index (κ1) is 13.8. The Bertz CT molecular complexity index is 380. The molecule has 1 fully saturated rings. The lowest BCUT2D eigenvalue weighted by Gasteiger charge is -2.26. The molecule has 0 atom stereocenters. The van der Waals surface area contributed by atoms with Crippen LogP contribution in [0.5, 0.6) is 0 Å². The first-order valence-corrected chi connectivity index (χ1v) is 7.78. The highest BCUT2D eigenvalue weighted by molar-refractivity contribution is 7.97. The molecule has 1 aromatic rings. The van der Waals surface area contributed by atoms with Gasteiger partial charge in [0, 0.05) is 17.9 Å². The summed E-state index contributed by atoms with van der Waals surface area (Å²) in [6.07, 6.45) is 5.50. The lowest BCUT2D eigenvalue weighted by Crippen LogP contribution is -2.29. The number of hydrogen-bond acceptors (Lipinski definition) is 2. The van der Waals surface area contributed by atoms with Gasteiger partial charge in [0.25, 0.3) is 0 Å². The monoisotopic (exact) mass is 271 g/mol. The Labute approximate surface area is 112 Å². The van der Waals surface area contributed by atoms with Gasteiger partial charge >= 0.3 is 0 Å². The zero-order chi connectivity index (χ0) is 13.0. The third-order valence-corrected chi connectivity index (χ3v) is 3.92. The molecule has 1 aliphatic heterocycles. The predicted molar refractivity (Wildman–Crippen MR) is 72.7 cm³/mol. The van der Waals surface area contributed by atoms with Crippen molar-refractivity contribution in [2.24, 2.45) is 0 Å². The predicted octanol–water partition coefficient (Wildman–Crippen LogP) is 3.81. The quantitative estimate of drug-likeness (QED) is 0.819. The van der Waals surface area contributed by atoms with Crippen molar-refractivity contribution in [3.8, 4) is 0 Å². The van der Waals surface area contributed by atoms with E-state index in [0.29, 0.717) is 12.3 Å². The Kier molecular flexibility index (Phi) is 5.01. The molecule has 2 rings (SSSR count). The molecule has 0 aliphatic carbocycles. The van der Waals surface area contributed by atoms with E-state index in [9.17, 15) is 8.78 Å². The molecule has 18 heavy (non-hydrogen) atoms. The normalized spacial score (nSPS) is 17.1. The number of halogens is 2. The van der Waals surface area contributed by atoms with E-state index in [4.69, 9.17) is 0 Å². The highest BCUT2D eigenvalue weighted by atomic mass is 32.2. The van der Waals surface area contributed by atoms with Crippen LogP contribution in [0, 0.1) is 11.6 Å². The highest BCUT2D eigenvalue weighted by Crippen LogP contribution is 2.21. The van der Waals surface area contributed by atoms with Crippen LogP contribution in [0.2, 0.25) is 0 Å². The van der Waals surface area contributed by atoms with Crippen molar-refractivity contribution in [3.63, 3.8) is 0 Å². The summed E-state index contributed by atoms with van der Waals surface area (Å²) in [6.45, 7) is 2.74. The van der Waals surface area contributed by atoms with E-state index in [1.54, 1.807) is 0 Å². The molecule has 1 aromatic carbocycles. The number of nitrogens with zero attached hydrogens (tertiary/aromatic N) is 1. The molecule has 1 nitrogen and oxygen atoms in total. The zero-order valence-corrected chi connectivity index (χ0v) is 11.5. The van der Waals surface area contributed by atoms with Crippen molar-refractivity contribution in [1.82, 2.24) is 4.90 Å². The highest BCUT2D eigenvalue weighted by Gasteiger charge is 2.14. The Hall–Kier alpha value is -0.610. The summed E-state index contributed by atoms with van der Waals surface area (Å²) in [4.78, 5) is 2.27. The standard InChI is InChI=1S/C14H19F2NS/c1-18-10-12-13(15)7-11(8-14(12)16)9-17-5-3-2-4-6-17/h7-8H,2-6,9-10H2,1H3. The average Bonchev–Trinajstić information content (AvgIpc) is 2.35. The fourth-order valence-corrected chi connectivity index (χ4v) is 2.97. The van der Waals surface area contributed by atoms with E-state index in [0.717, 1.165) is 18.7 Å². The fourth-order valence-electron chi connectivity index (χ4n) is 2.40. The molecule has 0 aromatic heterocycles. The van der Waals surface area contributed by atoms with Crippen LogP contribution in [0.25, 0.3) is 0 Å². The largest absolute Gasteiger partial charge is 0.299 e. The Morgan fingerprint density at radius 1 is 1.11 bits per heavy atom. The van der Waals surface area contributed by atoms with Crippen LogP contribution in [0.3, 0.4) is 0 Å². The summed E-state index contributed by atoms with van der Waals surface area (Å²) in [7, 11) is 0. The van der Waals surface area contributed by atoms with Crippen LogP contribution in [-0.2, 0) is 12.3 Å². The van der Waals surface area contributed by atoms with Gasteiger partial charge < -0.3 is 0 Å². The minimum absolute atomic E-state index is 0.199. The van der Waals surface area contributed by atoms with Crippen molar-refractivity contribution >= 4 is 11.8 Å². The molecule has 1 heterocycles. The van der Waals surface area contributed by atoms with E-state index in [1.165, 1.54) is 43.2 Å². The summed E-state index contributed by atoms with van der Waals surface area (Å²) in [5.74, 6) is -0.422. The molecule has 100 valence electrons. The minimum atomic E-state index is -0.406. The maximum Gasteiger partial charge on any atom is 0.130 e. The molecular weight excluding hydrogens is 252 g/mol. The number of benzene rings is 1. The topological polar surface area (TPSA) is 3.24 Å². The molecule has 0 radical (unpaired) electrons. The van der Waals surface area contributed by atoms with Gasteiger partial charge in [-0.2, -0.15) is 11.8 Å². The molecule has 1 aliphatic rings. The van der Waals surface area contributed by atoms with Gasteiger partial charge in [0.2, 0.25) is 0 Å². The second-order valence-corrected chi connectivity index (χ2v) is 5.67. The van der Waals surface area contributed by atoms with Crippen molar-refractivity contribution in [2.75, 3.05) is 19.3 Å². The molecule has 0 unspecified atom stereocenters. The molecule has 0 N–H and O–H groups in total. The molecular formula is C14H19F2NS. The summed E-state index contributed by atoms with van der Waals surface area (Å²) in [5, 5.41) is 0. The van der Waals surface area contributed by atoms with Crippen LogP contribution in [0.15, 0.2) is 12.1 Å². The summed E-state index contributed by atoms with van der Waals surface area (Å²) in [6, 6.07) is 2.98. The van der Waals surface area contributed by atoms with Crippen molar-refractivity contribution in [2.45, 2.75) is 31.6 Å². The molecule has 0 saturated carbocycles. The molecule has 1 saturated heterocycles. The van der Waals surface area contributed by atoms with Gasteiger partial charge in [0.05, 0.1) is 0 Å². The van der Waals surface area contributed by atoms with Crippen LogP contribution in [-0.4, -0.2) is 24.2 Å². The van der Waals surface area contributed by atoms with Crippen LogP contribution in [0.4, 0.5) is 8.78 Å². The van der Waals surface area contributed by atoms with E-state index in [1.807, 2.05) is 6.26 Å². The smallest absolute Gasteiger partial charge is 0.130 e. The first-order chi connectivity index (χ1) is 8.70. The molecule has 4 heteroatoms. The number of piperidine rings is 1. The van der Waals surface area contributed by atoms with Gasteiger partial charge in [-0.25, -0.2) is 8.78 Å². The Balaban J connectivity index is 2.09. The Morgan fingerprint density at radius 2 is 1.72 bits per heavy atom. The summed E-state index contributed by atoms with van der Waals surface area (Å²) < 4.78 is 27.6. The van der Waals surface area contributed by atoms with E-state index in [2.05, 4.69) is 4.90 Å². The van der Waals surface area contributed by atoms with Gasteiger partial charge in [-0.3, -0.25) is 4.90 Å². The van der Waals surface area contributed by atoms with Gasteiger partial charge in [0.15, 0.2) is 0 Å². The second-order valence-electron chi connectivity index (χ2n) is 4.81.